The summed E-state index contributed by atoms with van der Waals surface area (Å²) in [5.74, 6) is 0. The number of fused-ring (bicyclic) bond motifs is 9. The number of anilines is 5. The fourth-order valence-electron chi connectivity index (χ4n) is 8.40. The van der Waals surface area contributed by atoms with Crippen molar-refractivity contribution in [2.24, 2.45) is 0 Å². The summed E-state index contributed by atoms with van der Waals surface area (Å²) in [6.07, 6.45) is 8.25. The molecule has 2 aliphatic rings. The van der Waals surface area contributed by atoms with Crippen LogP contribution in [0.2, 0.25) is 0 Å². The molecule has 2 heteroatoms. The molecule has 0 aromatic heterocycles. The molecule has 248 valence electrons. The van der Waals surface area contributed by atoms with E-state index in [0.717, 1.165) is 34.1 Å². The highest BCUT2D eigenvalue weighted by Gasteiger charge is 2.51. The molecule has 0 bridgehead atoms. The zero-order chi connectivity index (χ0) is 35.1. The fraction of sp³-hybridized carbons (Fsp3) is 0.0400. The number of nitrogens with zero attached hydrogens (tertiary/aromatic N) is 2. The molecular weight excluding hydrogens is 629 g/mol. The summed E-state index contributed by atoms with van der Waals surface area (Å²) in [5, 5.41) is 0. The van der Waals surface area contributed by atoms with Gasteiger partial charge in [0.15, 0.2) is 0 Å². The molecule has 7 aromatic rings. The van der Waals surface area contributed by atoms with E-state index in [4.69, 9.17) is 0 Å². The van der Waals surface area contributed by atoms with Crippen molar-refractivity contribution in [1.82, 2.24) is 0 Å². The number of rotatable bonds is 7. The molecule has 0 atom stereocenters. The Morgan fingerprint density at radius 1 is 0.519 bits per heavy atom. The third kappa shape index (κ3) is 4.80. The number of hydrogen-bond acceptors (Lipinski definition) is 2. The number of allylic oxidation sites excluding steroid dienone is 4. The van der Waals surface area contributed by atoms with E-state index in [0.29, 0.717) is 0 Å². The van der Waals surface area contributed by atoms with E-state index < -0.39 is 5.41 Å². The normalized spacial score (nSPS) is 13.7. The van der Waals surface area contributed by atoms with Crippen LogP contribution in [0, 0.1) is 0 Å². The van der Waals surface area contributed by atoms with Gasteiger partial charge in [-0.15, -0.1) is 0 Å². The van der Waals surface area contributed by atoms with E-state index >= 15 is 0 Å². The van der Waals surface area contributed by atoms with Crippen LogP contribution in [0.3, 0.4) is 0 Å². The molecule has 0 saturated heterocycles. The van der Waals surface area contributed by atoms with E-state index in [1.165, 1.54) is 44.5 Å². The van der Waals surface area contributed by atoms with E-state index in [1.54, 1.807) is 0 Å². The first kappa shape index (κ1) is 31.3. The molecule has 1 aliphatic carbocycles. The van der Waals surface area contributed by atoms with Gasteiger partial charge in [0, 0.05) is 22.8 Å². The summed E-state index contributed by atoms with van der Waals surface area (Å²) in [6, 6.07) is 64.1. The van der Waals surface area contributed by atoms with Crippen molar-refractivity contribution in [3.8, 4) is 22.3 Å². The van der Waals surface area contributed by atoms with Crippen molar-refractivity contribution in [2.45, 2.75) is 12.3 Å². The lowest BCUT2D eigenvalue weighted by atomic mass is 9.64. The maximum atomic E-state index is 4.26. The monoisotopic (exact) mass is 666 g/mol. The Morgan fingerprint density at radius 2 is 1.04 bits per heavy atom. The number of para-hydroxylation sites is 3. The molecule has 1 spiro atoms. The third-order valence-corrected chi connectivity index (χ3v) is 10.6. The van der Waals surface area contributed by atoms with Gasteiger partial charge in [0.25, 0.3) is 0 Å². The molecule has 2 nitrogen and oxygen atoms in total. The van der Waals surface area contributed by atoms with Crippen LogP contribution in [-0.4, -0.2) is 0 Å². The van der Waals surface area contributed by atoms with E-state index in [1.807, 2.05) is 13.0 Å². The lowest BCUT2D eigenvalue weighted by Gasteiger charge is -2.45. The van der Waals surface area contributed by atoms with Gasteiger partial charge < -0.3 is 9.80 Å². The second-order valence-electron chi connectivity index (χ2n) is 13.3. The molecular formula is C50H38N2. The Hall–Kier alpha value is -6.64. The Balaban J connectivity index is 1.30. The van der Waals surface area contributed by atoms with Gasteiger partial charge in [0.05, 0.1) is 16.8 Å². The van der Waals surface area contributed by atoms with Gasteiger partial charge in [-0.1, -0.05) is 146 Å². The summed E-state index contributed by atoms with van der Waals surface area (Å²) in [5.41, 5.74) is 16.2. The smallest absolute Gasteiger partial charge is 0.0755 e. The first-order valence-electron chi connectivity index (χ1n) is 17.9. The maximum absolute atomic E-state index is 4.26. The molecule has 0 fully saturated rings. The highest BCUT2D eigenvalue weighted by molar-refractivity contribution is 5.95. The molecule has 0 N–H and O–H groups in total. The molecule has 52 heavy (non-hydrogen) atoms. The second-order valence-corrected chi connectivity index (χ2v) is 13.3. The maximum Gasteiger partial charge on any atom is 0.0755 e. The minimum atomic E-state index is -0.544. The number of benzene rings is 7. The van der Waals surface area contributed by atoms with Crippen LogP contribution in [0.15, 0.2) is 213 Å². The van der Waals surface area contributed by atoms with Crippen LogP contribution in [0.4, 0.5) is 28.4 Å². The van der Waals surface area contributed by atoms with Crippen molar-refractivity contribution in [3.63, 3.8) is 0 Å². The average Bonchev–Trinajstić information content (AvgIpc) is 3.50. The van der Waals surface area contributed by atoms with Gasteiger partial charge in [-0.3, -0.25) is 0 Å². The molecule has 0 unspecified atom stereocenters. The van der Waals surface area contributed by atoms with Crippen molar-refractivity contribution in [2.75, 3.05) is 9.80 Å². The first-order chi connectivity index (χ1) is 25.7. The fourth-order valence-corrected chi connectivity index (χ4v) is 8.40. The molecule has 9 rings (SSSR count). The van der Waals surface area contributed by atoms with Gasteiger partial charge in [0.2, 0.25) is 0 Å². The van der Waals surface area contributed by atoms with Crippen LogP contribution in [0.25, 0.3) is 22.3 Å². The topological polar surface area (TPSA) is 6.48 Å². The Morgan fingerprint density at radius 3 is 1.69 bits per heavy atom. The summed E-state index contributed by atoms with van der Waals surface area (Å²) in [4.78, 5) is 4.76. The largest absolute Gasteiger partial charge is 0.310 e. The van der Waals surface area contributed by atoms with Crippen molar-refractivity contribution >= 4 is 28.4 Å². The lowest BCUT2D eigenvalue weighted by molar-refractivity contribution is 0.749. The van der Waals surface area contributed by atoms with Crippen LogP contribution >= 0.6 is 0 Å². The van der Waals surface area contributed by atoms with E-state index in [-0.39, 0.29) is 0 Å². The number of hydrogen-bond donors (Lipinski definition) is 0. The summed E-state index contributed by atoms with van der Waals surface area (Å²) in [7, 11) is 0. The summed E-state index contributed by atoms with van der Waals surface area (Å²) >= 11 is 0. The highest BCUT2D eigenvalue weighted by atomic mass is 15.2. The van der Waals surface area contributed by atoms with Crippen molar-refractivity contribution in [3.05, 3.63) is 235 Å². The van der Waals surface area contributed by atoms with E-state index in [9.17, 15) is 0 Å². The third-order valence-electron chi connectivity index (χ3n) is 10.6. The summed E-state index contributed by atoms with van der Waals surface area (Å²) < 4.78 is 0. The zero-order valence-electron chi connectivity index (χ0n) is 29.2. The quantitative estimate of drug-likeness (QED) is 0.156. The van der Waals surface area contributed by atoms with E-state index in [2.05, 4.69) is 211 Å². The predicted octanol–water partition coefficient (Wildman–Crippen LogP) is 13.3. The predicted molar refractivity (Wildman–Crippen MR) is 219 cm³/mol. The zero-order valence-corrected chi connectivity index (χ0v) is 29.2. The standard InChI is InChI=1S/C50H38N2/c1-3-5-20-38(4-2)52-48-27-16-14-25-45(48)50(46-26-15-17-28-49(46)52)44-24-13-12-23-42(44)43-34-33-41(35-47(43)50)51(39-21-10-7-11-22-39)40-31-29-37(30-32-40)36-18-8-6-9-19-36/h3-35H,2H2,1H3/b5-3-,38-20+. The molecule has 0 saturated carbocycles. The van der Waals surface area contributed by atoms with Crippen LogP contribution in [-0.2, 0) is 5.41 Å². The molecule has 1 heterocycles. The van der Waals surface area contributed by atoms with Gasteiger partial charge in [-0.2, -0.15) is 0 Å². The first-order valence-corrected chi connectivity index (χ1v) is 17.9. The van der Waals surface area contributed by atoms with Crippen molar-refractivity contribution < 1.29 is 0 Å². The van der Waals surface area contributed by atoms with Crippen LogP contribution in [0.1, 0.15) is 29.2 Å². The van der Waals surface area contributed by atoms with Crippen molar-refractivity contribution in [1.29, 1.82) is 0 Å². The SMILES string of the molecule is C=C/C(=C\C=C/C)N1c2ccccc2C2(c3ccccc3-c3ccc(N(c4ccccc4)c4ccc(-c5ccccc5)cc4)cc32)c2ccccc21. The minimum absolute atomic E-state index is 0.544. The van der Waals surface area contributed by atoms with Gasteiger partial charge in [-0.25, -0.2) is 0 Å². The van der Waals surface area contributed by atoms with Gasteiger partial charge in [-0.05, 0) is 112 Å². The van der Waals surface area contributed by atoms with Gasteiger partial charge in [0.1, 0.15) is 0 Å². The molecule has 1 aliphatic heterocycles. The Kier molecular flexibility index (Phi) is 7.79. The van der Waals surface area contributed by atoms with Crippen LogP contribution in [0.5, 0.6) is 0 Å². The highest BCUT2D eigenvalue weighted by Crippen LogP contribution is 2.63. The molecule has 0 radical (unpaired) electrons. The summed E-state index contributed by atoms with van der Waals surface area (Å²) in [6.45, 7) is 6.30. The molecule has 7 aromatic carbocycles. The Labute approximate surface area is 306 Å². The van der Waals surface area contributed by atoms with Crippen LogP contribution < -0.4 is 9.80 Å². The molecule has 0 amide bonds. The minimum Gasteiger partial charge on any atom is -0.310 e. The lowest BCUT2D eigenvalue weighted by Crippen LogP contribution is -2.37. The Bertz CT molecular complexity index is 2440. The second kappa shape index (κ2) is 12.9. The average molecular weight is 667 g/mol. The van der Waals surface area contributed by atoms with Gasteiger partial charge >= 0.3 is 0 Å².